The molecule has 0 radical (unpaired) electrons. The summed E-state index contributed by atoms with van der Waals surface area (Å²) in [5.74, 6) is 2.44. The molecular weight excluding hydrogens is 300 g/mol. The molecule has 0 saturated carbocycles. The molecule has 0 amide bonds. The van der Waals surface area contributed by atoms with Crippen molar-refractivity contribution in [2.45, 2.75) is 70.4 Å². The van der Waals surface area contributed by atoms with E-state index in [9.17, 15) is 4.79 Å². The van der Waals surface area contributed by atoms with Crippen molar-refractivity contribution in [3.8, 4) is 0 Å². The van der Waals surface area contributed by atoms with Crippen LogP contribution in [0.3, 0.4) is 0 Å². The molecule has 5 heteroatoms. The van der Waals surface area contributed by atoms with Gasteiger partial charge in [0.2, 0.25) is 5.78 Å². The number of hydrogen-bond acceptors (Lipinski definition) is 4. The van der Waals surface area contributed by atoms with E-state index in [1.54, 1.807) is 0 Å². The van der Waals surface area contributed by atoms with Crippen LogP contribution in [-0.4, -0.2) is 37.3 Å². The molecule has 0 aliphatic carbocycles. The van der Waals surface area contributed by atoms with Gasteiger partial charge in [0.05, 0.1) is 5.60 Å². The molecule has 2 atom stereocenters. The van der Waals surface area contributed by atoms with Crippen molar-refractivity contribution in [1.82, 2.24) is 0 Å². The molecule has 2 bridgehead atoms. The van der Waals surface area contributed by atoms with Gasteiger partial charge in [-0.2, -0.15) is 11.8 Å². The highest BCUT2D eigenvalue weighted by Gasteiger charge is 2.45. The number of fused-ring (bicyclic) bond motifs is 2. The van der Waals surface area contributed by atoms with Crippen molar-refractivity contribution < 1.29 is 14.0 Å². The lowest BCUT2D eigenvalue weighted by atomic mass is 9.94. The first-order chi connectivity index (χ1) is 9.54. The highest BCUT2D eigenvalue weighted by Crippen LogP contribution is 2.40. The molecule has 2 rings (SSSR count). The highest BCUT2D eigenvalue weighted by molar-refractivity contribution is 7.99. The second kappa shape index (κ2) is 5.74. The Labute approximate surface area is 134 Å². The molecule has 0 aromatic heterocycles. The standard InChI is InChI=1S/C16H28O3SSi/c1-15(2,3)21(5,6)19-12-10-16(4)8-7-9-20-11-13(18-16)14(12)17/h10,13H,7-9,11H2,1-6H3/t13-,16+/m0/s1. The van der Waals surface area contributed by atoms with Gasteiger partial charge in [-0.15, -0.1) is 0 Å². The molecule has 21 heavy (non-hydrogen) atoms. The number of carbonyl (C=O) groups is 1. The first-order valence-corrected chi connectivity index (χ1v) is 11.8. The Kier molecular flexibility index (Phi) is 4.67. The van der Waals surface area contributed by atoms with Crippen molar-refractivity contribution in [2.75, 3.05) is 11.5 Å². The SMILES string of the molecule is CC(C)(C)[Si](C)(C)OC1=C[C@@]2(C)CCCSC[C@H](O2)C1=O. The van der Waals surface area contributed by atoms with E-state index in [0.717, 1.165) is 24.3 Å². The van der Waals surface area contributed by atoms with Gasteiger partial charge in [0, 0.05) is 5.75 Å². The van der Waals surface area contributed by atoms with Gasteiger partial charge >= 0.3 is 0 Å². The van der Waals surface area contributed by atoms with Crippen LogP contribution in [0.25, 0.3) is 0 Å². The Hall–Kier alpha value is -0.263. The van der Waals surface area contributed by atoms with Crippen LogP contribution < -0.4 is 0 Å². The normalized spacial score (nSPS) is 31.2. The van der Waals surface area contributed by atoms with Crippen LogP contribution in [0.2, 0.25) is 18.1 Å². The number of ether oxygens (including phenoxy) is 1. The fraction of sp³-hybridized carbons (Fsp3) is 0.812. The summed E-state index contributed by atoms with van der Waals surface area (Å²) >= 11 is 1.81. The average Bonchev–Trinajstić information content (AvgIpc) is 2.30. The fourth-order valence-electron chi connectivity index (χ4n) is 2.38. The minimum absolute atomic E-state index is 0.0340. The van der Waals surface area contributed by atoms with Gasteiger partial charge in [-0.1, -0.05) is 20.8 Å². The molecule has 2 aliphatic heterocycles. The second-order valence-corrected chi connectivity index (χ2v) is 13.7. The molecule has 2 heterocycles. The van der Waals surface area contributed by atoms with E-state index in [4.69, 9.17) is 9.16 Å². The topological polar surface area (TPSA) is 35.5 Å². The molecule has 0 aromatic carbocycles. The van der Waals surface area contributed by atoms with E-state index >= 15 is 0 Å². The summed E-state index contributed by atoms with van der Waals surface area (Å²) in [5, 5.41) is 0.0874. The molecule has 120 valence electrons. The molecule has 1 fully saturated rings. The van der Waals surface area contributed by atoms with E-state index in [0.29, 0.717) is 5.76 Å². The summed E-state index contributed by atoms with van der Waals surface area (Å²) < 4.78 is 12.4. The van der Waals surface area contributed by atoms with E-state index in [-0.39, 0.29) is 22.5 Å². The molecule has 0 unspecified atom stereocenters. The molecule has 0 spiro atoms. The molecule has 3 nitrogen and oxygen atoms in total. The van der Waals surface area contributed by atoms with Crippen molar-refractivity contribution in [1.29, 1.82) is 0 Å². The molecule has 0 aromatic rings. The lowest BCUT2D eigenvalue weighted by Gasteiger charge is -2.42. The number of hydrogen-bond donors (Lipinski definition) is 0. The zero-order valence-corrected chi connectivity index (χ0v) is 15.9. The van der Waals surface area contributed by atoms with Crippen LogP contribution in [-0.2, 0) is 14.0 Å². The Morgan fingerprint density at radius 3 is 2.71 bits per heavy atom. The van der Waals surface area contributed by atoms with Crippen molar-refractivity contribution >= 4 is 25.9 Å². The Morgan fingerprint density at radius 2 is 2.10 bits per heavy atom. The minimum atomic E-state index is -2.00. The quantitative estimate of drug-likeness (QED) is 0.714. The Balaban J connectivity index is 2.29. The molecule has 2 aliphatic rings. The van der Waals surface area contributed by atoms with Crippen LogP contribution >= 0.6 is 11.8 Å². The zero-order chi connectivity index (χ0) is 15.9. The smallest absolute Gasteiger partial charge is 0.250 e. The van der Waals surface area contributed by atoms with Crippen LogP contribution in [0.4, 0.5) is 0 Å². The maximum absolute atomic E-state index is 12.6. The van der Waals surface area contributed by atoms with Gasteiger partial charge in [0.15, 0.2) is 0 Å². The molecule has 1 saturated heterocycles. The predicted molar refractivity (Wildman–Crippen MR) is 91.2 cm³/mol. The Morgan fingerprint density at radius 1 is 1.43 bits per heavy atom. The highest BCUT2D eigenvalue weighted by atomic mass is 32.2. The number of thioether (sulfide) groups is 1. The van der Waals surface area contributed by atoms with Crippen molar-refractivity contribution in [3.05, 3.63) is 11.8 Å². The maximum Gasteiger partial charge on any atom is 0.250 e. The fourth-order valence-corrected chi connectivity index (χ4v) is 4.35. The monoisotopic (exact) mass is 328 g/mol. The summed E-state index contributed by atoms with van der Waals surface area (Å²) in [4.78, 5) is 12.6. The predicted octanol–water partition coefficient (Wildman–Crippen LogP) is 4.15. The van der Waals surface area contributed by atoms with E-state index in [1.165, 1.54) is 0 Å². The summed E-state index contributed by atoms with van der Waals surface area (Å²) in [6, 6.07) is 0. The van der Waals surface area contributed by atoms with E-state index in [2.05, 4.69) is 40.8 Å². The first kappa shape index (κ1) is 17.1. The average molecular weight is 329 g/mol. The van der Waals surface area contributed by atoms with E-state index < -0.39 is 8.32 Å². The summed E-state index contributed by atoms with van der Waals surface area (Å²) in [6.45, 7) is 13.0. The summed E-state index contributed by atoms with van der Waals surface area (Å²) in [6.07, 6.45) is 3.67. The van der Waals surface area contributed by atoms with Crippen molar-refractivity contribution in [2.24, 2.45) is 0 Å². The largest absolute Gasteiger partial charge is 0.541 e. The first-order valence-electron chi connectivity index (χ1n) is 7.76. The number of Topliss-reactive ketones (excluding diaryl/α,β-unsaturated/α-hetero) is 1. The maximum atomic E-state index is 12.6. The third-order valence-corrected chi connectivity index (χ3v) is 10.2. The molecular formula is C16H28O3SSi. The van der Waals surface area contributed by atoms with Gasteiger partial charge < -0.3 is 9.16 Å². The molecule has 0 N–H and O–H groups in total. The third-order valence-electron chi connectivity index (χ3n) is 4.79. The lowest BCUT2D eigenvalue weighted by Crippen LogP contribution is -2.48. The number of ketones is 1. The Bertz CT molecular complexity index is 453. The van der Waals surface area contributed by atoms with Crippen LogP contribution in [0, 0.1) is 0 Å². The van der Waals surface area contributed by atoms with Crippen molar-refractivity contribution in [3.63, 3.8) is 0 Å². The number of rotatable bonds is 2. The minimum Gasteiger partial charge on any atom is -0.541 e. The van der Waals surface area contributed by atoms with Gasteiger partial charge in [-0.05, 0) is 49.7 Å². The third kappa shape index (κ3) is 3.74. The van der Waals surface area contributed by atoms with Crippen LogP contribution in [0.5, 0.6) is 0 Å². The second-order valence-electron chi connectivity index (χ2n) is 7.83. The number of carbonyl (C=O) groups excluding carboxylic acids is 1. The van der Waals surface area contributed by atoms with Gasteiger partial charge in [-0.25, -0.2) is 0 Å². The zero-order valence-electron chi connectivity index (χ0n) is 14.1. The lowest BCUT2D eigenvalue weighted by molar-refractivity contribution is -0.140. The summed E-state index contributed by atoms with van der Waals surface area (Å²) in [7, 11) is -2.00. The van der Waals surface area contributed by atoms with Crippen LogP contribution in [0.15, 0.2) is 11.8 Å². The van der Waals surface area contributed by atoms with Gasteiger partial charge in [0.25, 0.3) is 8.32 Å². The van der Waals surface area contributed by atoms with Gasteiger partial charge in [-0.3, -0.25) is 4.79 Å². The van der Waals surface area contributed by atoms with E-state index in [1.807, 2.05) is 17.8 Å². The summed E-state index contributed by atoms with van der Waals surface area (Å²) in [5.41, 5.74) is -0.350. The van der Waals surface area contributed by atoms with Crippen LogP contribution in [0.1, 0.15) is 40.5 Å². The van der Waals surface area contributed by atoms with Gasteiger partial charge in [0.1, 0.15) is 11.9 Å².